The number of hydrogen-bond acceptors (Lipinski definition) is 5. The van der Waals surface area contributed by atoms with Crippen LogP contribution in [-0.4, -0.2) is 43.2 Å². The van der Waals surface area contributed by atoms with E-state index in [1.54, 1.807) is 24.3 Å². The van der Waals surface area contributed by atoms with E-state index in [0.29, 0.717) is 12.1 Å². The third-order valence-electron chi connectivity index (χ3n) is 5.93. The van der Waals surface area contributed by atoms with Crippen LogP contribution in [0.25, 0.3) is 0 Å². The first-order valence-corrected chi connectivity index (χ1v) is 12.5. The molecule has 2 aliphatic rings. The summed E-state index contributed by atoms with van der Waals surface area (Å²) in [5.41, 5.74) is 0.771. The van der Waals surface area contributed by atoms with Crippen LogP contribution in [0.15, 0.2) is 59.5 Å². The van der Waals surface area contributed by atoms with E-state index in [1.165, 1.54) is 28.6 Å². The van der Waals surface area contributed by atoms with Gasteiger partial charge in [0.25, 0.3) is 5.91 Å². The van der Waals surface area contributed by atoms with Crippen molar-refractivity contribution < 1.29 is 22.7 Å². The molecular formula is C24H28N2O5S. The minimum Gasteiger partial charge on any atom is -0.444 e. The number of amides is 1. The summed E-state index contributed by atoms with van der Waals surface area (Å²) in [7, 11) is -3.62. The molecule has 1 aliphatic carbocycles. The Morgan fingerprint density at radius 1 is 1.00 bits per heavy atom. The van der Waals surface area contributed by atoms with Crippen molar-refractivity contribution in [3.8, 4) is 0 Å². The summed E-state index contributed by atoms with van der Waals surface area (Å²) in [4.78, 5) is 25.6. The summed E-state index contributed by atoms with van der Waals surface area (Å²) >= 11 is 0. The van der Waals surface area contributed by atoms with Crippen molar-refractivity contribution >= 4 is 21.9 Å². The van der Waals surface area contributed by atoms with Crippen molar-refractivity contribution in [2.24, 2.45) is 0 Å². The molecule has 1 N–H and O–H groups in total. The van der Waals surface area contributed by atoms with Crippen LogP contribution in [0.5, 0.6) is 0 Å². The topological polar surface area (TPSA) is 92.8 Å². The molecule has 0 spiro atoms. The smallest absolute Gasteiger partial charge is 0.339 e. The molecule has 7 nitrogen and oxygen atoms in total. The molecule has 1 saturated carbocycles. The summed E-state index contributed by atoms with van der Waals surface area (Å²) in [5.74, 6) is -1.04. The van der Waals surface area contributed by atoms with Gasteiger partial charge in [-0.15, -0.1) is 0 Å². The maximum Gasteiger partial charge on any atom is 0.339 e. The van der Waals surface area contributed by atoms with Gasteiger partial charge in [0, 0.05) is 24.2 Å². The first-order valence-electron chi connectivity index (χ1n) is 11.0. The molecule has 2 aromatic rings. The average molecular weight is 457 g/mol. The number of piperidine rings is 1. The standard InChI is InChI=1S/C24H28N2O5S/c1-17-7-5-6-16-26(17)32(29,30)21-14-10-19(11-15-21)24(28)31-22(18-8-3-2-4-9-18)23(27)25-20-12-13-20/h2-4,8-11,14-15,17,20,22H,5-7,12-13,16H2,1H3,(H,25,27)/t17-,22-/m1/s1. The van der Waals surface area contributed by atoms with Gasteiger partial charge in [0.1, 0.15) is 0 Å². The quantitative estimate of drug-likeness (QED) is 0.645. The maximum atomic E-state index is 13.0. The van der Waals surface area contributed by atoms with E-state index in [9.17, 15) is 18.0 Å². The fourth-order valence-electron chi connectivity index (χ4n) is 3.91. The Balaban J connectivity index is 1.50. The fraction of sp³-hybridized carbons (Fsp3) is 0.417. The van der Waals surface area contributed by atoms with Crippen LogP contribution in [0.3, 0.4) is 0 Å². The first kappa shape index (κ1) is 22.5. The second kappa shape index (κ2) is 9.42. The third kappa shape index (κ3) is 5.02. The maximum absolute atomic E-state index is 13.0. The molecule has 4 rings (SSSR count). The summed E-state index contributed by atoms with van der Waals surface area (Å²) in [6, 6.07) is 14.7. The molecule has 1 saturated heterocycles. The Bertz CT molecular complexity index is 1070. The van der Waals surface area contributed by atoms with Gasteiger partial charge < -0.3 is 10.1 Å². The van der Waals surface area contributed by atoms with Crippen molar-refractivity contribution in [2.45, 2.75) is 62.1 Å². The molecule has 0 bridgehead atoms. The number of ether oxygens (including phenoxy) is 1. The Hall–Kier alpha value is -2.71. The molecule has 0 aromatic heterocycles. The van der Waals surface area contributed by atoms with Crippen molar-refractivity contribution in [1.82, 2.24) is 9.62 Å². The van der Waals surface area contributed by atoms with E-state index >= 15 is 0 Å². The predicted octanol–water partition coefficient (Wildman–Crippen LogP) is 3.43. The minimum absolute atomic E-state index is 0.0463. The highest BCUT2D eigenvalue weighted by Crippen LogP contribution is 2.27. The van der Waals surface area contributed by atoms with Crippen LogP contribution in [0.1, 0.15) is 61.1 Å². The van der Waals surface area contributed by atoms with E-state index in [2.05, 4.69) is 5.32 Å². The van der Waals surface area contributed by atoms with Crippen molar-refractivity contribution in [2.75, 3.05) is 6.54 Å². The van der Waals surface area contributed by atoms with Crippen molar-refractivity contribution in [1.29, 1.82) is 0 Å². The van der Waals surface area contributed by atoms with Gasteiger partial charge >= 0.3 is 5.97 Å². The van der Waals surface area contributed by atoms with E-state index in [0.717, 1.165) is 32.1 Å². The van der Waals surface area contributed by atoms with Gasteiger partial charge in [-0.2, -0.15) is 4.31 Å². The largest absolute Gasteiger partial charge is 0.444 e. The van der Waals surface area contributed by atoms with Gasteiger partial charge in [0.2, 0.25) is 16.1 Å². The predicted molar refractivity (Wildman–Crippen MR) is 119 cm³/mol. The average Bonchev–Trinajstić information content (AvgIpc) is 3.62. The summed E-state index contributed by atoms with van der Waals surface area (Å²) < 4.78 is 33.1. The number of carbonyl (C=O) groups excluding carboxylic acids is 2. The highest BCUT2D eigenvalue weighted by Gasteiger charge is 2.32. The second-order valence-electron chi connectivity index (χ2n) is 8.46. The minimum atomic E-state index is -3.62. The monoisotopic (exact) mass is 456 g/mol. The molecule has 2 atom stereocenters. The lowest BCUT2D eigenvalue weighted by Crippen LogP contribution is -2.41. The van der Waals surface area contributed by atoms with Crippen LogP contribution in [0.2, 0.25) is 0 Å². The van der Waals surface area contributed by atoms with Crippen LogP contribution < -0.4 is 5.32 Å². The number of benzene rings is 2. The molecule has 0 unspecified atom stereocenters. The lowest BCUT2D eigenvalue weighted by atomic mass is 10.1. The molecule has 170 valence electrons. The van der Waals surface area contributed by atoms with Gasteiger partial charge in [-0.3, -0.25) is 4.79 Å². The molecule has 2 fully saturated rings. The zero-order valence-corrected chi connectivity index (χ0v) is 18.9. The Morgan fingerprint density at radius 2 is 1.69 bits per heavy atom. The third-order valence-corrected chi connectivity index (χ3v) is 7.96. The van der Waals surface area contributed by atoms with Crippen LogP contribution in [0.4, 0.5) is 0 Å². The van der Waals surface area contributed by atoms with Gasteiger partial charge in [-0.1, -0.05) is 36.8 Å². The SMILES string of the molecule is C[C@@H]1CCCCN1S(=O)(=O)c1ccc(C(=O)O[C@@H](C(=O)NC2CC2)c2ccccc2)cc1. The number of carbonyl (C=O) groups is 2. The fourth-order valence-corrected chi connectivity index (χ4v) is 5.61. The van der Waals surface area contributed by atoms with E-state index < -0.39 is 22.1 Å². The normalized spacial score (nSPS) is 20.3. The zero-order chi connectivity index (χ0) is 22.7. The lowest BCUT2D eigenvalue weighted by Gasteiger charge is -2.32. The molecular weight excluding hydrogens is 428 g/mol. The van der Waals surface area contributed by atoms with E-state index in [-0.39, 0.29) is 28.4 Å². The van der Waals surface area contributed by atoms with Crippen LogP contribution >= 0.6 is 0 Å². The van der Waals surface area contributed by atoms with Crippen LogP contribution in [-0.2, 0) is 19.6 Å². The summed E-state index contributed by atoms with van der Waals surface area (Å²) in [6.07, 6.45) is 3.49. The molecule has 0 radical (unpaired) electrons. The summed E-state index contributed by atoms with van der Waals surface area (Å²) in [6.45, 7) is 2.42. The zero-order valence-electron chi connectivity index (χ0n) is 18.1. The molecule has 8 heteroatoms. The summed E-state index contributed by atoms with van der Waals surface area (Å²) in [5, 5.41) is 2.88. The first-order chi connectivity index (χ1) is 15.4. The highest BCUT2D eigenvalue weighted by molar-refractivity contribution is 7.89. The Labute approximate surface area is 188 Å². The molecule has 1 aliphatic heterocycles. The number of esters is 1. The van der Waals surface area contributed by atoms with Gasteiger partial charge in [0.05, 0.1) is 10.5 Å². The van der Waals surface area contributed by atoms with Crippen molar-refractivity contribution in [3.05, 3.63) is 65.7 Å². The van der Waals surface area contributed by atoms with E-state index in [1.807, 2.05) is 13.0 Å². The highest BCUT2D eigenvalue weighted by atomic mass is 32.2. The lowest BCUT2D eigenvalue weighted by molar-refractivity contribution is -0.130. The Kier molecular flexibility index (Phi) is 6.62. The number of sulfonamides is 1. The van der Waals surface area contributed by atoms with E-state index in [4.69, 9.17) is 4.74 Å². The molecule has 2 aromatic carbocycles. The molecule has 32 heavy (non-hydrogen) atoms. The number of nitrogens with one attached hydrogen (secondary N) is 1. The Morgan fingerprint density at radius 3 is 2.31 bits per heavy atom. The van der Waals surface area contributed by atoms with Gasteiger partial charge in [0.15, 0.2) is 0 Å². The van der Waals surface area contributed by atoms with Gasteiger partial charge in [-0.05, 0) is 56.9 Å². The molecule has 1 heterocycles. The van der Waals surface area contributed by atoms with Crippen LogP contribution in [0, 0.1) is 0 Å². The molecule has 1 amide bonds. The number of nitrogens with zero attached hydrogens (tertiary/aromatic N) is 1. The second-order valence-corrected chi connectivity index (χ2v) is 10.4. The van der Waals surface area contributed by atoms with Crippen molar-refractivity contribution in [3.63, 3.8) is 0 Å². The number of rotatable bonds is 7. The number of hydrogen-bond donors (Lipinski definition) is 1. The van der Waals surface area contributed by atoms with Gasteiger partial charge in [-0.25, -0.2) is 13.2 Å².